The summed E-state index contributed by atoms with van der Waals surface area (Å²) < 4.78 is 37.3. The highest BCUT2D eigenvalue weighted by atomic mass is 127. The maximum atomic E-state index is 12.2. The Bertz CT molecular complexity index is 304. The Morgan fingerprint density at radius 3 is 2.31 bits per heavy atom. The van der Waals surface area contributed by atoms with Crippen LogP contribution in [0.1, 0.15) is 16.7 Å². The van der Waals surface area contributed by atoms with E-state index in [0.29, 0.717) is 5.56 Å². The number of benzene rings is 1. The van der Waals surface area contributed by atoms with Gasteiger partial charge >= 0.3 is 6.18 Å². The molecule has 0 unspecified atom stereocenters. The fraction of sp³-hybridized carbons (Fsp3) is 0.333. The monoisotopic (exact) mass is 300 g/mol. The Balaban J connectivity index is 3.10. The van der Waals surface area contributed by atoms with Gasteiger partial charge in [-0.2, -0.15) is 13.2 Å². The first-order valence-electron chi connectivity index (χ1n) is 3.68. The van der Waals surface area contributed by atoms with Crippen LogP contribution in [0.5, 0.6) is 0 Å². The highest BCUT2D eigenvalue weighted by molar-refractivity contribution is 14.1. The van der Waals surface area contributed by atoms with Crippen LogP contribution in [-0.2, 0) is 10.6 Å². The van der Waals surface area contributed by atoms with Crippen molar-refractivity contribution in [3.63, 3.8) is 0 Å². The minimum atomic E-state index is -4.23. The highest BCUT2D eigenvalue weighted by Crippen LogP contribution is 2.30. The maximum Gasteiger partial charge on any atom is 0.416 e. The molecule has 1 aromatic carbocycles. The van der Waals surface area contributed by atoms with E-state index >= 15 is 0 Å². The summed E-state index contributed by atoms with van der Waals surface area (Å²) >= 11 is 2.13. The molecule has 4 heteroatoms. The Morgan fingerprint density at radius 2 is 1.92 bits per heavy atom. The van der Waals surface area contributed by atoms with Crippen LogP contribution >= 0.6 is 22.6 Å². The van der Waals surface area contributed by atoms with Crippen molar-refractivity contribution in [2.45, 2.75) is 17.5 Å². The summed E-state index contributed by atoms with van der Waals surface area (Å²) in [5, 5.41) is 0. The molecule has 0 aliphatic rings. The largest absolute Gasteiger partial charge is 0.416 e. The van der Waals surface area contributed by atoms with Crippen molar-refractivity contribution >= 4 is 22.6 Å². The summed E-state index contributed by atoms with van der Waals surface area (Å²) in [6, 6.07) is 3.85. The molecule has 0 amide bonds. The average molecular weight is 300 g/mol. The molecule has 0 bridgehead atoms. The summed E-state index contributed by atoms with van der Waals surface area (Å²) in [6.07, 6.45) is -4.23. The maximum absolute atomic E-state index is 12.2. The van der Waals surface area contributed by atoms with Crippen molar-refractivity contribution in [3.05, 3.63) is 34.9 Å². The van der Waals surface area contributed by atoms with E-state index in [1.165, 1.54) is 12.1 Å². The van der Waals surface area contributed by atoms with Crippen LogP contribution in [0, 0.1) is 6.92 Å². The summed E-state index contributed by atoms with van der Waals surface area (Å²) in [4.78, 5) is 0. The van der Waals surface area contributed by atoms with Gasteiger partial charge in [-0.05, 0) is 30.2 Å². The van der Waals surface area contributed by atoms with Crippen LogP contribution in [0.25, 0.3) is 0 Å². The molecule has 0 saturated heterocycles. The number of halogens is 4. The lowest BCUT2D eigenvalue weighted by Crippen LogP contribution is -2.05. The van der Waals surface area contributed by atoms with Gasteiger partial charge in [0.25, 0.3) is 0 Å². The minimum absolute atomic E-state index is 0.571. The van der Waals surface area contributed by atoms with E-state index in [0.717, 1.165) is 16.1 Å². The lowest BCUT2D eigenvalue weighted by atomic mass is 10.1. The standard InChI is InChI=1S/C9H8F3I/c1-6-4-8(9(10,11)12)3-2-7(6)5-13/h2-4H,5H2,1H3. The van der Waals surface area contributed by atoms with E-state index in [2.05, 4.69) is 22.6 Å². The van der Waals surface area contributed by atoms with E-state index in [4.69, 9.17) is 0 Å². The van der Waals surface area contributed by atoms with Crippen LogP contribution < -0.4 is 0 Å². The van der Waals surface area contributed by atoms with Crippen molar-refractivity contribution in [1.82, 2.24) is 0 Å². The zero-order chi connectivity index (χ0) is 10.1. The minimum Gasteiger partial charge on any atom is -0.166 e. The smallest absolute Gasteiger partial charge is 0.166 e. The quantitative estimate of drug-likeness (QED) is 0.544. The van der Waals surface area contributed by atoms with Gasteiger partial charge in [0.2, 0.25) is 0 Å². The van der Waals surface area contributed by atoms with Crippen LogP contribution in [0.4, 0.5) is 13.2 Å². The molecule has 0 aromatic heterocycles. The first-order valence-corrected chi connectivity index (χ1v) is 5.20. The normalized spacial score (nSPS) is 11.8. The van der Waals surface area contributed by atoms with Crippen LogP contribution in [-0.4, -0.2) is 0 Å². The number of hydrogen-bond donors (Lipinski definition) is 0. The lowest BCUT2D eigenvalue weighted by molar-refractivity contribution is -0.137. The molecule has 13 heavy (non-hydrogen) atoms. The van der Waals surface area contributed by atoms with E-state index in [-0.39, 0.29) is 0 Å². The van der Waals surface area contributed by atoms with Gasteiger partial charge in [0.05, 0.1) is 5.56 Å². The van der Waals surface area contributed by atoms with E-state index in [9.17, 15) is 13.2 Å². The summed E-state index contributed by atoms with van der Waals surface area (Å²) in [5.41, 5.74) is 1.08. The van der Waals surface area contributed by atoms with Crippen molar-refractivity contribution in [1.29, 1.82) is 0 Å². The highest BCUT2D eigenvalue weighted by Gasteiger charge is 2.30. The third-order valence-corrected chi connectivity index (χ3v) is 2.64. The molecular formula is C9H8F3I. The lowest BCUT2D eigenvalue weighted by Gasteiger charge is -2.09. The molecule has 0 radical (unpaired) electrons. The van der Waals surface area contributed by atoms with Gasteiger partial charge in [-0.3, -0.25) is 0 Å². The molecule has 0 spiro atoms. The Morgan fingerprint density at radius 1 is 1.31 bits per heavy atom. The van der Waals surface area contributed by atoms with Gasteiger partial charge in [0.1, 0.15) is 0 Å². The zero-order valence-corrected chi connectivity index (χ0v) is 9.11. The van der Waals surface area contributed by atoms with Crippen molar-refractivity contribution in [2.24, 2.45) is 0 Å². The third kappa shape index (κ3) is 2.59. The number of hydrogen-bond acceptors (Lipinski definition) is 0. The molecule has 0 saturated carbocycles. The van der Waals surface area contributed by atoms with Gasteiger partial charge in [0.15, 0.2) is 0 Å². The zero-order valence-electron chi connectivity index (χ0n) is 6.95. The molecule has 0 nitrogen and oxygen atoms in total. The predicted molar refractivity (Wildman–Crippen MR) is 53.9 cm³/mol. The summed E-state index contributed by atoms with van der Waals surface area (Å²) in [7, 11) is 0. The first kappa shape index (κ1) is 10.8. The van der Waals surface area contributed by atoms with Gasteiger partial charge in [0, 0.05) is 4.43 Å². The van der Waals surface area contributed by atoms with E-state index in [1.54, 1.807) is 6.92 Å². The molecule has 0 heterocycles. The van der Waals surface area contributed by atoms with Gasteiger partial charge in [-0.1, -0.05) is 28.7 Å². The molecular weight excluding hydrogens is 292 g/mol. The second kappa shape index (κ2) is 3.86. The van der Waals surface area contributed by atoms with Crippen molar-refractivity contribution < 1.29 is 13.2 Å². The summed E-state index contributed by atoms with van der Waals surface area (Å²) in [6.45, 7) is 1.70. The Kier molecular flexibility index (Phi) is 3.21. The van der Waals surface area contributed by atoms with Crippen LogP contribution in [0.2, 0.25) is 0 Å². The van der Waals surface area contributed by atoms with Gasteiger partial charge in [-0.25, -0.2) is 0 Å². The molecule has 1 rings (SSSR count). The second-order valence-electron chi connectivity index (χ2n) is 2.77. The van der Waals surface area contributed by atoms with Gasteiger partial charge < -0.3 is 0 Å². The van der Waals surface area contributed by atoms with Gasteiger partial charge in [-0.15, -0.1) is 0 Å². The first-order chi connectivity index (χ1) is 5.95. The Hall–Kier alpha value is -0.260. The summed E-state index contributed by atoms with van der Waals surface area (Å²) in [5.74, 6) is 0. The molecule has 0 aliphatic heterocycles. The van der Waals surface area contributed by atoms with Crippen molar-refractivity contribution in [3.8, 4) is 0 Å². The number of rotatable bonds is 1. The fourth-order valence-corrected chi connectivity index (χ4v) is 1.88. The average Bonchev–Trinajstić information content (AvgIpc) is 2.02. The van der Waals surface area contributed by atoms with E-state index < -0.39 is 11.7 Å². The SMILES string of the molecule is Cc1cc(C(F)(F)F)ccc1CI. The molecule has 0 aliphatic carbocycles. The third-order valence-electron chi connectivity index (χ3n) is 1.81. The fourth-order valence-electron chi connectivity index (χ4n) is 1.02. The topological polar surface area (TPSA) is 0 Å². The van der Waals surface area contributed by atoms with E-state index in [1.807, 2.05) is 0 Å². The van der Waals surface area contributed by atoms with Crippen LogP contribution in [0.15, 0.2) is 18.2 Å². The van der Waals surface area contributed by atoms with Crippen molar-refractivity contribution in [2.75, 3.05) is 0 Å². The predicted octanol–water partition coefficient (Wildman–Crippen LogP) is 3.95. The molecule has 0 N–H and O–H groups in total. The molecule has 0 atom stereocenters. The Labute approximate surface area is 88.3 Å². The number of alkyl halides is 4. The van der Waals surface area contributed by atoms with Crippen LogP contribution in [0.3, 0.4) is 0 Å². The number of aryl methyl sites for hydroxylation is 1. The molecule has 1 aromatic rings. The second-order valence-corrected chi connectivity index (χ2v) is 3.54. The molecule has 72 valence electrons. The molecule has 0 fully saturated rings.